The molecule has 1 amide bonds. The van der Waals surface area contributed by atoms with Crippen molar-refractivity contribution in [2.75, 3.05) is 5.32 Å². The summed E-state index contributed by atoms with van der Waals surface area (Å²) in [6, 6.07) is 20.4. The van der Waals surface area contributed by atoms with Crippen molar-refractivity contribution in [3.05, 3.63) is 91.7 Å². The van der Waals surface area contributed by atoms with Crippen molar-refractivity contribution >= 4 is 72.8 Å². The number of nitriles is 1. The molecule has 31 heavy (non-hydrogen) atoms. The molecule has 4 rings (SSSR count). The van der Waals surface area contributed by atoms with Crippen molar-refractivity contribution in [1.29, 1.82) is 5.26 Å². The Morgan fingerprint density at radius 3 is 2.65 bits per heavy atom. The van der Waals surface area contributed by atoms with Crippen LogP contribution in [0.5, 0.6) is 0 Å². The maximum absolute atomic E-state index is 12.8. The van der Waals surface area contributed by atoms with E-state index in [2.05, 4.69) is 27.3 Å². The van der Waals surface area contributed by atoms with Crippen LogP contribution in [0.2, 0.25) is 5.02 Å². The molecule has 2 heterocycles. The summed E-state index contributed by atoms with van der Waals surface area (Å²) in [5.41, 5.74) is 2.44. The van der Waals surface area contributed by atoms with Crippen molar-refractivity contribution in [2.45, 2.75) is 0 Å². The van der Waals surface area contributed by atoms with Crippen LogP contribution in [0.3, 0.4) is 0 Å². The van der Waals surface area contributed by atoms with Gasteiger partial charge in [0.15, 0.2) is 0 Å². The zero-order chi connectivity index (χ0) is 21.8. The molecule has 0 unspecified atom stereocenters. The number of amides is 1. The lowest BCUT2D eigenvalue weighted by Gasteiger charge is -2.04. The fourth-order valence-electron chi connectivity index (χ4n) is 2.78. The number of aromatic nitrogens is 1. The number of halogens is 2. The fourth-order valence-corrected chi connectivity index (χ4v) is 5.05. The summed E-state index contributed by atoms with van der Waals surface area (Å²) < 4.78 is 0.924. The fraction of sp³-hybridized carbons (Fsp3) is 0. The molecule has 4 aromatic rings. The molecule has 0 aliphatic rings. The highest BCUT2D eigenvalue weighted by Gasteiger charge is 2.19. The van der Waals surface area contributed by atoms with E-state index in [0.29, 0.717) is 31.9 Å². The molecule has 0 aliphatic carbocycles. The number of carbonyl (C=O) groups is 1. The zero-order valence-corrected chi connectivity index (χ0v) is 19.8. The van der Waals surface area contributed by atoms with E-state index < -0.39 is 0 Å². The highest BCUT2D eigenvalue weighted by atomic mass is 79.9. The second-order valence-corrected chi connectivity index (χ2v) is 9.66. The molecular weight excluding hydrogens is 514 g/mol. The normalized spacial score (nSPS) is 11.2. The molecule has 0 radical (unpaired) electrons. The minimum absolute atomic E-state index is 0.265. The van der Waals surface area contributed by atoms with Crippen LogP contribution in [-0.2, 0) is 0 Å². The number of carbonyl (C=O) groups excluding carboxylic acids is 1. The van der Waals surface area contributed by atoms with E-state index in [0.717, 1.165) is 14.9 Å². The number of benzene rings is 2. The first-order valence-electron chi connectivity index (χ1n) is 9.03. The molecule has 2 aromatic carbocycles. The van der Waals surface area contributed by atoms with E-state index in [-0.39, 0.29) is 5.91 Å². The summed E-state index contributed by atoms with van der Waals surface area (Å²) >= 11 is 12.2. The molecule has 0 saturated carbocycles. The molecule has 0 aliphatic heterocycles. The van der Waals surface area contributed by atoms with Gasteiger partial charge in [-0.25, -0.2) is 4.98 Å². The van der Waals surface area contributed by atoms with Gasteiger partial charge in [0.05, 0.1) is 10.5 Å². The molecule has 0 bridgehead atoms. The quantitative estimate of drug-likeness (QED) is 0.272. The molecule has 8 heteroatoms. The Morgan fingerprint density at radius 1 is 1.16 bits per heavy atom. The van der Waals surface area contributed by atoms with Gasteiger partial charge in [0.1, 0.15) is 21.8 Å². The predicted octanol–water partition coefficient (Wildman–Crippen LogP) is 7.60. The SMILES string of the molecule is N#C/C(=C/c1cccc(Br)c1)c1nc(-c2cccs2)c(NC(=O)c2ccc(Cl)cc2)s1. The van der Waals surface area contributed by atoms with E-state index in [1.165, 1.54) is 22.7 Å². The maximum Gasteiger partial charge on any atom is 0.256 e. The van der Waals surface area contributed by atoms with Gasteiger partial charge in [-0.2, -0.15) is 5.26 Å². The van der Waals surface area contributed by atoms with Gasteiger partial charge in [-0.05, 0) is 59.5 Å². The number of nitrogens with zero attached hydrogens (tertiary/aromatic N) is 2. The Morgan fingerprint density at radius 2 is 1.97 bits per heavy atom. The molecule has 0 fully saturated rings. The average Bonchev–Trinajstić information content (AvgIpc) is 3.42. The lowest BCUT2D eigenvalue weighted by Crippen LogP contribution is -2.11. The number of thiophene rings is 1. The Balaban J connectivity index is 1.72. The Labute approximate surface area is 200 Å². The summed E-state index contributed by atoms with van der Waals surface area (Å²) in [5.74, 6) is -0.265. The molecule has 0 spiro atoms. The Hall–Kier alpha value is -2.76. The first kappa shape index (κ1) is 21.5. The number of allylic oxidation sites excluding steroid dienone is 1. The van der Waals surface area contributed by atoms with Gasteiger partial charge in [0.25, 0.3) is 5.91 Å². The Bertz CT molecular complexity index is 1310. The van der Waals surface area contributed by atoms with Crippen LogP contribution in [0, 0.1) is 11.3 Å². The second kappa shape index (κ2) is 9.58. The van der Waals surface area contributed by atoms with Gasteiger partial charge in [-0.1, -0.05) is 57.1 Å². The van der Waals surface area contributed by atoms with Gasteiger partial charge >= 0.3 is 0 Å². The van der Waals surface area contributed by atoms with Crippen molar-refractivity contribution in [2.24, 2.45) is 0 Å². The first-order valence-corrected chi connectivity index (χ1v) is 11.9. The molecule has 4 nitrogen and oxygen atoms in total. The number of hydrogen-bond acceptors (Lipinski definition) is 5. The van der Waals surface area contributed by atoms with Crippen LogP contribution in [0.25, 0.3) is 22.2 Å². The van der Waals surface area contributed by atoms with Gasteiger partial charge in [-0.15, -0.1) is 11.3 Å². The standard InChI is InChI=1S/C23H13BrClN3OS2/c24-17-4-1-3-14(12-17)11-16(13-26)22-27-20(19-5-2-10-30-19)23(31-22)28-21(29)15-6-8-18(25)9-7-15/h1-12H,(H,28,29)/b16-11-. The van der Waals surface area contributed by atoms with Crippen molar-refractivity contribution in [1.82, 2.24) is 4.98 Å². The van der Waals surface area contributed by atoms with Gasteiger partial charge < -0.3 is 5.32 Å². The number of nitrogens with one attached hydrogen (secondary N) is 1. The third kappa shape index (κ3) is 5.12. The highest BCUT2D eigenvalue weighted by Crippen LogP contribution is 2.38. The van der Waals surface area contributed by atoms with Crippen LogP contribution in [0.15, 0.2) is 70.5 Å². The summed E-state index contributed by atoms with van der Waals surface area (Å²) in [6.07, 6.45) is 1.78. The largest absolute Gasteiger partial charge is 0.312 e. The van der Waals surface area contributed by atoms with E-state index in [1.807, 2.05) is 41.8 Å². The van der Waals surface area contributed by atoms with E-state index in [9.17, 15) is 10.1 Å². The maximum atomic E-state index is 12.8. The smallest absolute Gasteiger partial charge is 0.256 e. The van der Waals surface area contributed by atoms with Crippen molar-refractivity contribution in [3.8, 4) is 16.6 Å². The first-order chi connectivity index (χ1) is 15.0. The molecule has 0 saturated heterocycles. The highest BCUT2D eigenvalue weighted by molar-refractivity contribution is 9.10. The van der Waals surface area contributed by atoms with Crippen molar-refractivity contribution in [3.63, 3.8) is 0 Å². The number of thiazole rings is 1. The van der Waals surface area contributed by atoms with Crippen LogP contribution in [0.1, 0.15) is 20.9 Å². The van der Waals surface area contributed by atoms with Crippen molar-refractivity contribution < 1.29 is 4.79 Å². The zero-order valence-electron chi connectivity index (χ0n) is 15.8. The van der Waals surface area contributed by atoms with Crippen LogP contribution in [-0.4, -0.2) is 10.9 Å². The summed E-state index contributed by atoms with van der Waals surface area (Å²) in [7, 11) is 0. The van der Waals surface area contributed by atoms with Gasteiger partial charge in [0.2, 0.25) is 0 Å². The van der Waals surface area contributed by atoms with Crippen LogP contribution < -0.4 is 5.32 Å². The minimum Gasteiger partial charge on any atom is -0.312 e. The molecule has 1 N–H and O–H groups in total. The second-order valence-electron chi connectivity index (χ2n) is 6.36. The van der Waals surface area contributed by atoms with E-state index in [1.54, 1.807) is 30.3 Å². The third-order valence-corrected chi connectivity index (χ3v) is 6.85. The molecule has 152 valence electrons. The minimum atomic E-state index is -0.265. The monoisotopic (exact) mass is 525 g/mol. The topological polar surface area (TPSA) is 65.8 Å². The average molecular weight is 527 g/mol. The molecule has 2 aromatic heterocycles. The number of hydrogen-bond donors (Lipinski definition) is 1. The number of anilines is 1. The van der Waals surface area contributed by atoms with Crippen LogP contribution >= 0.6 is 50.2 Å². The van der Waals surface area contributed by atoms with Gasteiger partial charge in [0, 0.05) is 15.1 Å². The lowest BCUT2D eigenvalue weighted by atomic mass is 10.1. The summed E-state index contributed by atoms with van der Waals surface area (Å²) in [4.78, 5) is 18.4. The summed E-state index contributed by atoms with van der Waals surface area (Å²) in [6.45, 7) is 0. The Kier molecular flexibility index (Phi) is 6.64. The van der Waals surface area contributed by atoms with E-state index >= 15 is 0 Å². The van der Waals surface area contributed by atoms with Crippen LogP contribution in [0.4, 0.5) is 5.00 Å². The lowest BCUT2D eigenvalue weighted by molar-refractivity contribution is 0.102. The third-order valence-electron chi connectivity index (χ3n) is 4.23. The van der Waals surface area contributed by atoms with Gasteiger partial charge in [-0.3, -0.25) is 4.79 Å². The number of rotatable bonds is 5. The van der Waals surface area contributed by atoms with E-state index in [4.69, 9.17) is 16.6 Å². The molecule has 0 atom stereocenters. The molecular formula is C23H13BrClN3OS2. The predicted molar refractivity (Wildman–Crippen MR) is 132 cm³/mol. The summed E-state index contributed by atoms with van der Waals surface area (Å²) in [5, 5.41) is 16.3.